The standard InChI is InChI=1S/C22H19ClN4O2S/c23-19-9-8-18(30-19)21(28)26-17-3-1-2-15-16(17)12-27(22(15)29)11-14-6-4-13(5-7-14)10-20(24)25/h1-9H,10-12H2,(H3,24,25)(H,26,28). The molecule has 0 spiro atoms. The summed E-state index contributed by atoms with van der Waals surface area (Å²) < 4.78 is 0.550. The van der Waals surface area contributed by atoms with Crippen LogP contribution in [0.15, 0.2) is 54.6 Å². The highest BCUT2D eigenvalue weighted by atomic mass is 35.5. The molecule has 6 nitrogen and oxygen atoms in total. The Labute approximate surface area is 182 Å². The third kappa shape index (κ3) is 4.22. The second-order valence-corrected chi connectivity index (χ2v) is 8.78. The van der Waals surface area contributed by atoms with Crippen molar-refractivity contribution in [1.82, 2.24) is 4.90 Å². The van der Waals surface area contributed by atoms with Crippen LogP contribution in [0.1, 0.15) is 36.7 Å². The van der Waals surface area contributed by atoms with Crippen LogP contribution < -0.4 is 11.1 Å². The van der Waals surface area contributed by atoms with Gasteiger partial charge in [0.2, 0.25) is 0 Å². The van der Waals surface area contributed by atoms with Crippen molar-refractivity contribution in [1.29, 1.82) is 5.41 Å². The van der Waals surface area contributed by atoms with Gasteiger partial charge in [0.05, 0.1) is 15.0 Å². The van der Waals surface area contributed by atoms with Crippen molar-refractivity contribution < 1.29 is 9.59 Å². The molecule has 2 amide bonds. The van der Waals surface area contributed by atoms with Gasteiger partial charge in [-0.25, -0.2) is 0 Å². The molecule has 1 aliphatic rings. The van der Waals surface area contributed by atoms with Gasteiger partial charge >= 0.3 is 0 Å². The highest BCUT2D eigenvalue weighted by molar-refractivity contribution is 7.18. The number of carbonyl (C=O) groups is 2. The van der Waals surface area contributed by atoms with Crippen molar-refractivity contribution >= 4 is 46.3 Å². The lowest BCUT2D eigenvalue weighted by Gasteiger charge is -2.16. The summed E-state index contributed by atoms with van der Waals surface area (Å²) in [6.07, 6.45) is 0.410. The molecule has 1 aromatic heterocycles. The summed E-state index contributed by atoms with van der Waals surface area (Å²) in [6, 6.07) is 16.4. The zero-order chi connectivity index (χ0) is 21.3. The highest BCUT2D eigenvalue weighted by Crippen LogP contribution is 2.31. The normalized spacial score (nSPS) is 12.7. The largest absolute Gasteiger partial charge is 0.387 e. The van der Waals surface area contributed by atoms with Crippen molar-refractivity contribution in [2.75, 3.05) is 5.32 Å². The Morgan fingerprint density at radius 2 is 1.87 bits per heavy atom. The van der Waals surface area contributed by atoms with Crippen LogP contribution >= 0.6 is 22.9 Å². The Balaban J connectivity index is 1.49. The monoisotopic (exact) mass is 438 g/mol. The maximum Gasteiger partial charge on any atom is 0.265 e. The molecular formula is C22H19ClN4O2S. The Morgan fingerprint density at radius 3 is 2.53 bits per heavy atom. The summed E-state index contributed by atoms with van der Waals surface area (Å²) in [5, 5.41) is 10.3. The average Bonchev–Trinajstić information content (AvgIpc) is 3.28. The van der Waals surface area contributed by atoms with Crippen molar-refractivity contribution in [3.8, 4) is 0 Å². The van der Waals surface area contributed by atoms with E-state index in [1.54, 1.807) is 35.2 Å². The van der Waals surface area contributed by atoms with Crippen molar-refractivity contribution in [2.24, 2.45) is 5.73 Å². The van der Waals surface area contributed by atoms with E-state index in [9.17, 15) is 9.59 Å². The van der Waals surface area contributed by atoms with Gasteiger partial charge in [0.1, 0.15) is 0 Å². The van der Waals surface area contributed by atoms with Crippen LogP contribution in [-0.2, 0) is 19.5 Å². The van der Waals surface area contributed by atoms with Crippen molar-refractivity contribution in [2.45, 2.75) is 19.5 Å². The molecule has 2 heterocycles. The number of thiophene rings is 1. The molecule has 4 N–H and O–H groups in total. The van der Waals surface area contributed by atoms with Crippen LogP contribution in [0.4, 0.5) is 5.69 Å². The lowest BCUT2D eigenvalue weighted by Crippen LogP contribution is -2.23. The van der Waals surface area contributed by atoms with E-state index in [2.05, 4.69) is 5.32 Å². The lowest BCUT2D eigenvalue weighted by atomic mass is 10.1. The Hall–Kier alpha value is -3.16. The smallest absolute Gasteiger partial charge is 0.265 e. The molecule has 30 heavy (non-hydrogen) atoms. The molecule has 8 heteroatoms. The molecule has 0 saturated heterocycles. The minimum absolute atomic E-state index is 0.0620. The fraction of sp³-hybridized carbons (Fsp3) is 0.136. The van der Waals surface area contributed by atoms with Crippen LogP contribution in [0.2, 0.25) is 4.34 Å². The van der Waals surface area contributed by atoms with E-state index >= 15 is 0 Å². The molecule has 1 aliphatic heterocycles. The number of halogens is 1. The molecule has 0 unspecified atom stereocenters. The van der Waals surface area contributed by atoms with Gasteiger partial charge in [0.15, 0.2) is 0 Å². The van der Waals surface area contributed by atoms with Crippen LogP contribution in [0.5, 0.6) is 0 Å². The number of nitrogens with two attached hydrogens (primary N) is 1. The summed E-state index contributed by atoms with van der Waals surface area (Å²) >= 11 is 7.13. The van der Waals surface area contributed by atoms with Gasteiger partial charge in [-0.15, -0.1) is 11.3 Å². The van der Waals surface area contributed by atoms with Gasteiger partial charge in [-0.1, -0.05) is 41.9 Å². The fourth-order valence-corrected chi connectivity index (χ4v) is 4.40. The number of fused-ring (bicyclic) bond motifs is 1. The molecule has 0 aliphatic carbocycles. The maximum absolute atomic E-state index is 12.9. The molecule has 0 saturated carbocycles. The van der Waals surface area contributed by atoms with Gasteiger partial charge in [0, 0.05) is 36.3 Å². The summed E-state index contributed by atoms with van der Waals surface area (Å²) in [5.41, 5.74) is 9.44. The molecule has 0 bridgehead atoms. The first-order chi connectivity index (χ1) is 14.4. The third-order valence-corrected chi connectivity index (χ3v) is 6.11. The minimum Gasteiger partial charge on any atom is -0.387 e. The summed E-state index contributed by atoms with van der Waals surface area (Å²) in [5.74, 6) is -0.187. The number of rotatable bonds is 6. The average molecular weight is 439 g/mol. The quantitative estimate of drug-likeness (QED) is 0.395. The van der Waals surface area contributed by atoms with Gasteiger partial charge in [-0.2, -0.15) is 0 Å². The van der Waals surface area contributed by atoms with E-state index in [-0.39, 0.29) is 17.6 Å². The second kappa shape index (κ2) is 8.30. The molecule has 152 valence electrons. The number of carbonyl (C=O) groups excluding carboxylic acids is 2. The van der Waals surface area contributed by atoms with Gasteiger partial charge in [0.25, 0.3) is 11.8 Å². The first kappa shape index (κ1) is 20.1. The van der Waals surface area contributed by atoms with E-state index in [4.69, 9.17) is 22.7 Å². The van der Waals surface area contributed by atoms with E-state index in [0.29, 0.717) is 40.0 Å². The molecule has 0 radical (unpaired) electrons. The lowest BCUT2D eigenvalue weighted by molar-refractivity contribution is 0.0766. The molecule has 4 rings (SSSR count). The third-order valence-electron chi connectivity index (χ3n) is 4.88. The molecular weight excluding hydrogens is 420 g/mol. The summed E-state index contributed by atoms with van der Waals surface area (Å²) in [6.45, 7) is 0.882. The van der Waals surface area contributed by atoms with Gasteiger partial charge < -0.3 is 16.0 Å². The molecule has 0 fully saturated rings. The maximum atomic E-state index is 12.9. The predicted octanol–water partition coefficient (Wildman–Crippen LogP) is 4.29. The fourth-order valence-electron chi connectivity index (χ4n) is 3.46. The van der Waals surface area contributed by atoms with E-state index in [1.165, 1.54) is 11.3 Å². The van der Waals surface area contributed by atoms with Gasteiger partial charge in [-0.05, 0) is 35.4 Å². The number of amidine groups is 1. The molecule has 2 aromatic carbocycles. The number of anilines is 1. The number of nitrogens with zero attached hydrogens (tertiary/aromatic N) is 1. The van der Waals surface area contributed by atoms with Crippen LogP contribution in [-0.4, -0.2) is 22.5 Å². The number of amides is 2. The Kier molecular flexibility index (Phi) is 5.57. The Morgan fingerprint density at radius 1 is 1.13 bits per heavy atom. The van der Waals surface area contributed by atoms with Crippen LogP contribution in [0.25, 0.3) is 0 Å². The SMILES string of the molecule is N=C(N)Cc1ccc(CN2Cc3c(NC(=O)c4ccc(Cl)s4)cccc3C2=O)cc1. The van der Waals surface area contributed by atoms with E-state index in [1.807, 2.05) is 24.3 Å². The number of benzene rings is 2. The van der Waals surface area contributed by atoms with Crippen molar-refractivity contribution in [3.63, 3.8) is 0 Å². The van der Waals surface area contributed by atoms with Gasteiger partial charge in [-0.3, -0.25) is 15.0 Å². The van der Waals surface area contributed by atoms with Crippen LogP contribution in [0, 0.1) is 5.41 Å². The molecule has 3 aromatic rings. The summed E-state index contributed by atoms with van der Waals surface area (Å²) in [4.78, 5) is 27.7. The Bertz CT molecular complexity index is 1140. The number of hydrogen-bond acceptors (Lipinski definition) is 4. The predicted molar refractivity (Wildman–Crippen MR) is 119 cm³/mol. The summed E-state index contributed by atoms with van der Waals surface area (Å²) in [7, 11) is 0. The zero-order valence-corrected chi connectivity index (χ0v) is 17.5. The molecule has 0 atom stereocenters. The minimum atomic E-state index is -0.243. The number of hydrogen-bond donors (Lipinski definition) is 3. The van der Waals surface area contributed by atoms with Crippen LogP contribution in [0.3, 0.4) is 0 Å². The first-order valence-corrected chi connectivity index (χ1v) is 10.5. The van der Waals surface area contributed by atoms with E-state index in [0.717, 1.165) is 16.7 Å². The van der Waals surface area contributed by atoms with E-state index < -0.39 is 0 Å². The number of nitrogens with one attached hydrogen (secondary N) is 2. The second-order valence-electron chi connectivity index (χ2n) is 7.07. The highest BCUT2D eigenvalue weighted by Gasteiger charge is 2.29. The first-order valence-electron chi connectivity index (χ1n) is 9.29. The topological polar surface area (TPSA) is 99.3 Å². The van der Waals surface area contributed by atoms with Crippen molar-refractivity contribution in [3.05, 3.63) is 86.1 Å². The zero-order valence-electron chi connectivity index (χ0n) is 15.9.